The van der Waals surface area contributed by atoms with Crippen LogP contribution >= 0.6 is 0 Å². The lowest BCUT2D eigenvalue weighted by Crippen LogP contribution is -2.46. The van der Waals surface area contributed by atoms with Gasteiger partial charge in [-0.15, -0.1) is 0 Å². The van der Waals surface area contributed by atoms with Crippen LogP contribution in [0, 0.1) is 0 Å². The largest absolute Gasteiger partial charge is 0.479 e. The lowest BCUT2D eigenvalue weighted by Gasteiger charge is -2.23. The average molecular weight is 286 g/mol. The first-order valence-corrected chi connectivity index (χ1v) is 7.02. The van der Waals surface area contributed by atoms with Gasteiger partial charge in [0, 0.05) is 19.7 Å². The number of hydrogen-bond acceptors (Lipinski definition) is 4. The Labute approximate surface area is 118 Å². The van der Waals surface area contributed by atoms with Crippen molar-refractivity contribution in [2.24, 2.45) is 0 Å². The molecular weight excluding hydrogens is 264 g/mol. The van der Waals surface area contributed by atoms with Crippen molar-refractivity contribution < 1.29 is 24.2 Å². The summed E-state index contributed by atoms with van der Waals surface area (Å²) in [6.45, 7) is 3.53. The summed E-state index contributed by atoms with van der Waals surface area (Å²) in [5.74, 6) is -0.941. The number of hydrogen-bond donors (Lipinski definition) is 3. The highest BCUT2D eigenvalue weighted by Crippen LogP contribution is 2.23. The van der Waals surface area contributed by atoms with Crippen molar-refractivity contribution in [3.63, 3.8) is 0 Å². The van der Waals surface area contributed by atoms with Gasteiger partial charge < -0.3 is 25.2 Å². The molecule has 0 aromatic carbocycles. The van der Waals surface area contributed by atoms with Crippen molar-refractivity contribution in [2.45, 2.75) is 50.4 Å². The average Bonchev–Trinajstić information content (AvgIpc) is 3.03. The van der Waals surface area contributed by atoms with Crippen LogP contribution in [0.1, 0.15) is 32.6 Å². The van der Waals surface area contributed by atoms with Gasteiger partial charge in [0.25, 0.3) is 0 Å². The first-order chi connectivity index (χ1) is 9.48. The van der Waals surface area contributed by atoms with Crippen molar-refractivity contribution in [1.82, 2.24) is 10.6 Å². The number of carboxylic acid groups (broad SMARTS) is 1. The zero-order chi connectivity index (χ0) is 14.6. The first-order valence-electron chi connectivity index (χ1n) is 7.02. The maximum Gasteiger partial charge on any atom is 0.332 e. The van der Waals surface area contributed by atoms with Crippen LogP contribution in [0.15, 0.2) is 0 Å². The molecule has 0 saturated carbocycles. The van der Waals surface area contributed by atoms with E-state index in [0.29, 0.717) is 25.9 Å². The Morgan fingerprint density at radius 2 is 2.15 bits per heavy atom. The minimum absolute atomic E-state index is 0.222. The molecule has 114 valence electrons. The van der Waals surface area contributed by atoms with Gasteiger partial charge in [0.2, 0.25) is 0 Å². The molecule has 0 aromatic rings. The topological polar surface area (TPSA) is 96.9 Å². The summed E-state index contributed by atoms with van der Waals surface area (Å²) >= 11 is 0. The molecule has 7 heteroatoms. The number of aliphatic carboxylic acids is 1. The molecule has 3 unspecified atom stereocenters. The van der Waals surface area contributed by atoms with E-state index in [1.807, 2.05) is 6.92 Å². The number of carboxylic acids is 1. The Morgan fingerprint density at radius 1 is 1.35 bits per heavy atom. The Bertz CT molecular complexity index is 368. The highest BCUT2D eigenvalue weighted by atomic mass is 16.5. The van der Waals surface area contributed by atoms with E-state index in [-0.39, 0.29) is 17.7 Å². The van der Waals surface area contributed by atoms with Crippen LogP contribution in [-0.2, 0) is 14.3 Å². The molecule has 0 aromatic heterocycles. The van der Waals surface area contributed by atoms with Gasteiger partial charge in [-0.3, -0.25) is 0 Å². The van der Waals surface area contributed by atoms with E-state index in [9.17, 15) is 9.59 Å². The van der Waals surface area contributed by atoms with Crippen LogP contribution in [0.5, 0.6) is 0 Å². The second kappa shape index (κ2) is 6.41. The molecule has 7 nitrogen and oxygen atoms in total. The summed E-state index contributed by atoms with van der Waals surface area (Å²) in [6.07, 6.45) is 2.15. The predicted molar refractivity (Wildman–Crippen MR) is 70.5 cm³/mol. The van der Waals surface area contributed by atoms with E-state index in [1.54, 1.807) is 0 Å². The number of carbonyl (C=O) groups excluding carboxylic acids is 1. The molecule has 0 bridgehead atoms. The van der Waals surface area contributed by atoms with Gasteiger partial charge in [-0.2, -0.15) is 0 Å². The van der Waals surface area contributed by atoms with Gasteiger partial charge in [-0.25, -0.2) is 9.59 Å². The number of amides is 2. The van der Waals surface area contributed by atoms with E-state index in [4.69, 9.17) is 14.6 Å². The lowest BCUT2D eigenvalue weighted by atomic mass is 10.0. The molecular formula is C13H22N2O5. The molecule has 0 radical (unpaired) electrons. The standard InChI is InChI=1S/C13H22N2O5/c1-13(5-2-6-19-13)8-15-12(18)14-7-9-3-4-10(20-9)11(16)17/h9-10H,2-8H2,1H3,(H,16,17)(H2,14,15,18). The second-order valence-electron chi connectivity index (χ2n) is 5.63. The van der Waals surface area contributed by atoms with Gasteiger partial charge >= 0.3 is 12.0 Å². The number of ether oxygens (including phenoxy) is 2. The molecule has 2 amide bonds. The minimum atomic E-state index is -0.941. The summed E-state index contributed by atoms with van der Waals surface area (Å²) in [5.41, 5.74) is -0.268. The van der Waals surface area contributed by atoms with Crippen molar-refractivity contribution >= 4 is 12.0 Å². The van der Waals surface area contributed by atoms with Crippen molar-refractivity contribution in [3.8, 4) is 0 Å². The van der Waals surface area contributed by atoms with E-state index < -0.39 is 12.1 Å². The molecule has 2 aliphatic heterocycles. The van der Waals surface area contributed by atoms with Crippen LogP contribution in [0.25, 0.3) is 0 Å². The third-order valence-electron chi connectivity index (χ3n) is 3.80. The summed E-state index contributed by atoms with van der Waals surface area (Å²) in [6, 6.07) is -0.274. The Kier molecular flexibility index (Phi) is 4.82. The van der Waals surface area contributed by atoms with Crippen LogP contribution in [0.4, 0.5) is 4.79 Å². The Morgan fingerprint density at radius 3 is 2.75 bits per heavy atom. The SMILES string of the molecule is CC1(CNC(=O)NCC2CCC(C(=O)O)O2)CCCO1. The molecule has 2 heterocycles. The van der Waals surface area contributed by atoms with E-state index >= 15 is 0 Å². The summed E-state index contributed by atoms with van der Waals surface area (Å²) in [5, 5.41) is 14.3. The van der Waals surface area contributed by atoms with Crippen LogP contribution < -0.4 is 10.6 Å². The van der Waals surface area contributed by atoms with Crippen LogP contribution in [0.2, 0.25) is 0 Å². The Hall–Kier alpha value is -1.34. The van der Waals surface area contributed by atoms with Gasteiger partial charge in [0.05, 0.1) is 11.7 Å². The monoisotopic (exact) mass is 286 g/mol. The zero-order valence-corrected chi connectivity index (χ0v) is 11.7. The molecule has 2 saturated heterocycles. The third kappa shape index (κ3) is 4.08. The Balaban J connectivity index is 1.62. The first kappa shape index (κ1) is 15.1. The van der Waals surface area contributed by atoms with Gasteiger partial charge in [0.15, 0.2) is 6.10 Å². The summed E-state index contributed by atoms with van der Waals surface area (Å²) in [7, 11) is 0. The maximum absolute atomic E-state index is 11.7. The second-order valence-corrected chi connectivity index (χ2v) is 5.63. The van der Waals surface area contributed by atoms with Crippen molar-refractivity contribution in [2.75, 3.05) is 19.7 Å². The number of carbonyl (C=O) groups is 2. The highest BCUT2D eigenvalue weighted by molar-refractivity contribution is 5.74. The zero-order valence-electron chi connectivity index (χ0n) is 11.7. The quantitative estimate of drug-likeness (QED) is 0.683. The fourth-order valence-corrected chi connectivity index (χ4v) is 2.55. The van der Waals surface area contributed by atoms with Crippen LogP contribution in [0.3, 0.4) is 0 Å². The fourth-order valence-electron chi connectivity index (χ4n) is 2.55. The summed E-state index contributed by atoms with van der Waals surface area (Å²) in [4.78, 5) is 22.4. The maximum atomic E-state index is 11.7. The minimum Gasteiger partial charge on any atom is -0.479 e. The molecule has 2 aliphatic rings. The van der Waals surface area contributed by atoms with E-state index in [2.05, 4.69) is 10.6 Å². The number of rotatable bonds is 5. The lowest BCUT2D eigenvalue weighted by molar-refractivity contribution is -0.149. The molecule has 2 fully saturated rings. The van der Waals surface area contributed by atoms with E-state index in [1.165, 1.54) is 0 Å². The summed E-state index contributed by atoms with van der Waals surface area (Å²) < 4.78 is 10.9. The normalized spacial score (nSPS) is 33.0. The molecule has 0 aliphatic carbocycles. The van der Waals surface area contributed by atoms with Crippen LogP contribution in [-0.4, -0.2) is 54.6 Å². The van der Waals surface area contributed by atoms with Gasteiger partial charge in [0.1, 0.15) is 0 Å². The van der Waals surface area contributed by atoms with Gasteiger partial charge in [-0.05, 0) is 32.6 Å². The van der Waals surface area contributed by atoms with Gasteiger partial charge in [-0.1, -0.05) is 0 Å². The third-order valence-corrected chi connectivity index (χ3v) is 3.80. The smallest absolute Gasteiger partial charge is 0.332 e. The number of nitrogens with one attached hydrogen (secondary N) is 2. The molecule has 0 spiro atoms. The van der Waals surface area contributed by atoms with E-state index in [0.717, 1.165) is 19.4 Å². The molecule has 20 heavy (non-hydrogen) atoms. The highest BCUT2D eigenvalue weighted by Gasteiger charge is 2.31. The van der Waals surface area contributed by atoms with Crippen molar-refractivity contribution in [3.05, 3.63) is 0 Å². The predicted octanol–water partition coefficient (Wildman–Crippen LogP) is 0.487. The molecule has 2 rings (SSSR count). The molecule has 3 N–H and O–H groups in total. The number of urea groups is 1. The van der Waals surface area contributed by atoms with Crippen molar-refractivity contribution in [1.29, 1.82) is 0 Å². The fraction of sp³-hybridized carbons (Fsp3) is 0.846. The molecule has 3 atom stereocenters.